The number of anilines is 3. The van der Waals surface area contributed by atoms with Crippen molar-refractivity contribution in [3.63, 3.8) is 0 Å². The summed E-state index contributed by atoms with van der Waals surface area (Å²) >= 11 is 0. The maximum Gasteiger partial charge on any atom is 0.252 e. The summed E-state index contributed by atoms with van der Waals surface area (Å²) in [6.45, 7) is 4.71. The fourth-order valence-corrected chi connectivity index (χ4v) is 9.47. The Morgan fingerprint density at radius 1 is 0.458 bits per heavy atom. The van der Waals surface area contributed by atoms with E-state index in [9.17, 15) is 0 Å². The molecule has 1 aliphatic carbocycles. The lowest BCUT2D eigenvalue weighted by Crippen LogP contribution is -2.38. The van der Waals surface area contributed by atoms with Crippen LogP contribution in [0.25, 0.3) is 49.9 Å². The molecule has 2 aliphatic rings. The van der Waals surface area contributed by atoms with Crippen LogP contribution in [-0.2, 0) is 5.41 Å². The highest BCUT2D eigenvalue weighted by Gasteiger charge is 2.37. The molecule has 1 aromatic heterocycles. The smallest absolute Gasteiger partial charge is 0.252 e. The Kier molecular flexibility index (Phi) is 8.23. The fraction of sp³-hybridized carbons (Fsp3) is 0.0714. The minimum Gasteiger partial charge on any atom is -0.310 e. The van der Waals surface area contributed by atoms with Crippen molar-refractivity contribution in [2.75, 3.05) is 4.90 Å². The van der Waals surface area contributed by atoms with E-state index < -0.39 is 0 Å². The number of hydrogen-bond donors (Lipinski definition) is 0. The highest BCUT2D eigenvalue weighted by Crippen LogP contribution is 2.51. The molecule has 0 amide bonds. The van der Waals surface area contributed by atoms with Crippen molar-refractivity contribution in [2.24, 2.45) is 5.11 Å². The lowest BCUT2D eigenvalue weighted by Gasteiger charge is -2.28. The molecule has 59 heavy (non-hydrogen) atoms. The maximum absolute atomic E-state index is 5.58. The Labute approximate surface area is 345 Å². The summed E-state index contributed by atoms with van der Waals surface area (Å²) < 4.78 is 2.22. The summed E-state index contributed by atoms with van der Waals surface area (Å²) in [7, 11) is 0. The summed E-state index contributed by atoms with van der Waals surface area (Å²) in [5, 5.41) is 9.02. The van der Waals surface area contributed by atoms with Gasteiger partial charge in [-0.05, 0) is 108 Å². The van der Waals surface area contributed by atoms with E-state index in [1.54, 1.807) is 0 Å². The molecule has 8 aromatic carbocycles. The first-order valence-corrected chi connectivity index (χ1v) is 20.5. The van der Waals surface area contributed by atoms with Crippen LogP contribution < -0.4 is 14.6 Å². The molecule has 0 N–H and O–H groups in total. The van der Waals surface area contributed by atoms with Gasteiger partial charge in [-0.2, -0.15) is 0 Å². The van der Waals surface area contributed by atoms with Gasteiger partial charge in [0.25, 0.3) is 5.35 Å². The van der Waals surface area contributed by atoms with E-state index in [0.717, 1.165) is 39.1 Å². The minimum absolute atomic E-state index is 0.137. The Hall–Kier alpha value is -7.36. The zero-order valence-electron chi connectivity index (χ0n) is 33.1. The van der Waals surface area contributed by atoms with E-state index in [0.29, 0.717) is 0 Å². The van der Waals surface area contributed by atoms with Gasteiger partial charge < -0.3 is 4.90 Å². The topological polar surface area (TPSA) is 21.5 Å². The lowest BCUT2D eigenvalue weighted by molar-refractivity contribution is -0.546. The van der Waals surface area contributed by atoms with Crippen LogP contribution in [0.4, 0.5) is 17.1 Å². The van der Waals surface area contributed by atoms with Crippen molar-refractivity contribution in [1.82, 2.24) is 0 Å². The van der Waals surface area contributed by atoms with Crippen molar-refractivity contribution < 1.29 is 4.36 Å². The Balaban J connectivity index is 1.20. The summed E-state index contributed by atoms with van der Waals surface area (Å²) in [4.78, 5) is 2.44. The van der Waals surface area contributed by atoms with Crippen LogP contribution >= 0.6 is 0 Å². The van der Waals surface area contributed by atoms with E-state index in [1.165, 1.54) is 55.5 Å². The van der Waals surface area contributed by atoms with Gasteiger partial charge in [-0.3, -0.25) is 0 Å². The SMILES string of the molecule is CC1(C)c2ccccc2-c2ccc(N(c3cccc(-c4ccccc4)c3)c3ccc4cc(-c5ccccc5)[n+]5c(c4c3)=C(c3ccccc3)C(c3ccccc3)N=5)cc21. The molecule has 3 nitrogen and oxygen atoms in total. The van der Waals surface area contributed by atoms with E-state index in [4.69, 9.17) is 5.11 Å². The third kappa shape index (κ3) is 5.81. The molecule has 11 rings (SSSR count). The van der Waals surface area contributed by atoms with Crippen LogP contribution in [0.5, 0.6) is 0 Å². The number of aromatic nitrogens is 1. The molecule has 0 radical (unpaired) electrons. The molecule has 0 saturated heterocycles. The van der Waals surface area contributed by atoms with Crippen molar-refractivity contribution >= 4 is 33.4 Å². The van der Waals surface area contributed by atoms with Crippen molar-refractivity contribution in [2.45, 2.75) is 25.3 Å². The molecule has 3 heteroatoms. The highest BCUT2D eigenvalue weighted by atomic mass is 15.2. The summed E-state index contributed by atoms with van der Waals surface area (Å²) in [5.74, 6) is 0. The first kappa shape index (κ1) is 34.9. The van der Waals surface area contributed by atoms with Crippen molar-refractivity contribution in [3.8, 4) is 33.5 Å². The average molecular weight is 757 g/mol. The zero-order valence-corrected chi connectivity index (χ0v) is 33.1. The van der Waals surface area contributed by atoms with Gasteiger partial charge in [-0.25, -0.2) is 0 Å². The molecule has 1 unspecified atom stereocenters. The predicted molar refractivity (Wildman–Crippen MR) is 243 cm³/mol. The second-order valence-electron chi connectivity index (χ2n) is 16.2. The maximum atomic E-state index is 5.58. The predicted octanol–water partition coefficient (Wildman–Crippen LogP) is 13.2. The van der Waals surface area contributed by atoms with Crippen LogP contribution in [0.3, 0.4) is 0 Å². The van der Waals surface area contributed by atoms with Gasteiger partial charge in [0.15, 0.2) is 6.04 Å². The summed E-state index contributed by atoms with van der Waals surface area (Å²) in [6, 6.07) is 76.9. The third-order valence-electron chi connectivity index (χ3n) is 12.3. The second-order valence-corrected chi connectivity index (χ2v) is 16.2. The monoisotopic (exact) mass is 756 g/mol. The number of fused-ring (bicyclic) bond motifs is 6. The van der Waals surface area contributed by atoms with Crippen LogP contribution in [0.15, 0.2) is 217 Å². The van der Waals surface area contributed by atoms with Crippen LogP contribution in [0, 0.1) is 0 Å². The standard InChI is InChI=1S/C56H42N3/c1-56(2)50-29-16-15-28-47(50)48-33-32-46(37-51(48)56)58(44-27-17-26-42(34-44)38-18-7-3-8-19-38)45-31-30-43-35-52(39-20-9-4-10-21-39)59-55(49(43)36-45)53(40-22-11-5-12-23-40)54(57-59)41-24-13-6-14-25-41/h3-37,54H,1-2H3/q+1. The van der Waals surface area contributed by atoms with Gasteiger partial charge in [0.1, 0.15) is 0 Å². The molecule has 0 fully saturated rings. The van der Waals surface area contributed by atoms with Crippen LogP contribution in [0.2, 0.25) is 0 Å². The number of rotatable bonds is 7. The molecule has 0 saturated carbocycles. The largest absolute Gasteiger partial charge is 0.310 e. The fourth-order valence-electron chi connectivity index (χ4n) is 9.47. The first-order chi connectivity index (χ1) is 29.0. The third-order valence-corrected chi connectivity index (χ3v) is 12.3. The van der Waals surface area contributed by atoms with Gasteiger partial charge in [0, 0.05) is 34.1 Å². The summed E-state index contributed by atoms with van der Waals surface area (Å²) in [5.41, 5.74) is 16.6. The molecule has 280 valence electrons. The van der Waals surface area contributed by atoms with Crippen LogP contribution in [-0.4, -0.2) is 0 Å². The van der Waals surface area contributed by atoms with E-state index in [2.05, 4.69) is 235 Å². The average Bonchev–Trinajstić information content (AvgIpc) is 3.81. The van der Waals surface area contributed by atoms with Crippen molar-refractivity contribution in [3.05, 3.63) is 240 Å². The number of hydrogen-bond acceptors (Lipinski definition) is 2. The van der Waals surface area contributed by atoms with Gasteiger partial charge in [0.2, 0.25) is 5.69 Å². The Bertz CT molecular complexity index is 3170. The molecule has 2 heterocycles. The van der Waals surface area contributed by atoms with Gasteiger partial charge >= 0.3 is 0 Å². The minimum atomic E-state index is -0.186. The second kappa shape index (κ2) is 13.9. The number of benzene rings is 8. The zero-order chi connectivity index (χ0) is 39.5. The highest BCUT2D eigenvalue weighted by molar-refractivity contribution is 5.94. The Morgan fingerprint density at radius 2 is 1.03 bits per heavy atom. The van der Waals surface area contributed by atoms with Crippen molar-refractivity contribution in [1.29, 1.82) is 0 Å². The van der Waals surface area contributed by atoms with Gasteiger partial charge in [-0.1, -0.05) is 172 Å². The molecular weight excluding hydrogens is 715 g/mol. The first-order valence-electron chi connectivity index (χ1n) is 20.5. The Morgan fingerprint density at radius 3 is 1.78 bits per heavy atom. The quantitative estimate of drug-likeness (QED) is 0.148. The van der Waals surface area contributed by atoms with Crippen LogP contribution in [0.1, 0.15) is 42.1 Å². The normalized spacial score (nSPS) is 14.7. The molecule has 9 aromatic rings. The van der Waals surface area contributed by atoms with E-state index in [1.807, 2.05) is 0 Å². The lowest BCUT2D eigenvalue weighted by atomic mass is 9.82. The number of nitrogens with zero attached hydrogens (tertiary/aromatic N) is 3. The molecule has 1 atom stereocenters. The number of pyridine rings is 1. The van der Waals surface area contributed by atoms with Gasteiger partial charge in [-0.15, -0.1) is 0 Å². The molecule has 0 bridgehead atoms. The van der Waals surface area contributed by atoms with Gasteiger partial charge in [0.05, 0.1) is 11.0 Å². The van der Waals surface area contributed by atoms with E-state index >= 15 is 0 Å². The van der Waals surface area contributed by atoms with E-state index in [-0.39, 0.29) is 11.5 Å². The summed E-state index contributed by atoms with van der Waals surface area (Å²) in [6.07, 6.45) is 0. The molecule has 1 aliphatic heterocycles. The molecular formula is C56H42N3+. The molecule has 0 spiro atoms.